The zero-order chi connectivity index (χ0) is 13.8. The summed E-state index contributed by atoms with van der Waals surface area (Å²) in [6.07, 6.45) is 8.59. The number of rotatable bonds is 5. The molecule has 0 amide bonds. The zero-order valence-corrected chi connectivity index (χ0v) is 13.3. The molecular weight excluding hydrogens is 256 g/mol. The van der Waals surface area contributed by atoms with E-state index in [9.17, 15) is 0 Å². The summed E-state index contributed by atoms with van der Waals surface area (Å²) < 4.78 is 2.05. The predicted octanol–water partition coefficient (Wildman–Crippen LogP) is 4.35. The van der Waals surface area contributed by atoms with Gasteiger partial charge >= 0.3 is 0 Å². The van der Waals surface area contributed by atoms with Crippen LogP contribution in [0.15, 0.2) is 6.07 Å². The average molecular weight is 283 g/mol. The first-order valence-corrected chi connectivity index (χ1v) is 8.23. The number of alkyl halides is 1. The highest BCUT2D eigenvalue weighted by atomic mass is 35.5. The average Bonchev–Trinajstić information content (AvgIpc) is 2.75. The second-order valence-electron chi connectivity index (χ2n) is 6.05. The summed E-state index contributed by atoms with van der Waals surface area (Å²) in [7, 11) is 2.06. The van der Waals surface area contributed by atoms with E-state index in [-0.39, 0.29) is 0 Å². The van der Waals surface area contributed by atoms with Gasteiger partial charge in [0.05, 0.1) is 5.69 Å². The Morgan fingerprint density at radius 3 is 2.79 bits per heavy atom. The van der Waals surface area contributed by atoms with Gasteiger partial charge in [-0.1, -0.05) is 26.7 Å². The van der Waals surface area contributed by atoms with Gasteiger partial charge in [-0.15, -0.1) is 11.6 Å². The molecule has 0 aliphatic heterocycles. The molecule has 0 N–H and O–H groups in total. The van der Waals surface area contributed by atoms with Gasteiger partial charge in [0.15, 0.2) is 0 Å². The van der Waals surface area contributed by atoms with Gasteiger partial charge in [-0.3, -0.25) is 4.68 Å². The SMILES string of the molecule is CCCC1CCC(Cl)C(Cc2cc(CC)nn2C)C1. The lowest BCUT2D eigenvalue weighted by Gasteiger charge is -2.33. The molecule has 0 aromatic carbocycles. The molecule has 1 heterocycles. The Kier molecular flexibility index (Phi) is 5.32. The summed E-state index contributed by atoms with van der Waals surface area (Å²) in [4.78, 5) is 0. The first-order valence-electron chi connectivity index (χ1n) is 7.79. The van der Waals surface area contributed by atoms with Crippen molar-refractivity contribution >= 4 is 11.6 Å². The van der Waals surface area contributed by atoms with Crippen LogP contribution in [0.25, 0.3) is 0 Å². The van der Waals surface area contributed by atoms with E-state index in [0.29, 0.717) is 11.3 Å². The van der Waals surface area contributed by atoms with Crippen molar-refractivity contribution in [3.8, 4) is 0 Å². The molecule has 0 radical (unpaired) electrons. The van der Waals surface area contributed by atoms with E-state index in [4.69, 9.17) is 11.6 Å². The molecule has 1 saturated carbocycles. The molecule has 2 nitrogen and oxygen atoms in total. The van der Waals surface area contributed by atoms with E-state index in [0.717, 1.165) is 18.8 Å². The standard InChI is InChI=1S/C16H27ClN2/c1-4-6-12-7-8-16(17)13(9-12)10-15-11-14(5-2)18-19(15)3/h11-13,16H,4-10H2,1-3H3. The summed E-state index contributed by atoms with van der Waals surface area (Å²) in [5, 5.41) is 4.90. The molecule has 2 rings (SSSR count). The van der Waals surface area contributed by atoms with Crippen molar-refractivity contribution in [3.63, 3.8) is 0 Å². The van der Waals surface area contributed by atoms with Crippen LogP contribution >= 0.6 is 11.6 Å². The summed E-state index contributed by atoms with van der Waals surface area (Å²) in [5.41, 5.74) is 2.55. The van der Waals surface area contributed by atoms with Crippen molar-refractivity contribution in [2.75, 3.05) is 0 Å². The van der Waals surface area contributed by atoms with Crippen LogP contribution < -0.4 is 0 Å². The van der Waals surface area contributed by atoms with Crippen LogP contribution in [-0.2, 0) is 19.9 Å². The number of halogens is 1. The molecule has 1 aromatic rings. The Labute approximate surface area is 122 Å². The maximum absolute atomic E-state index is 6.56. The third-order valence-electron chi connectivity index (χ3n) is 4.56. The molecule has 1 aromatic heterocycles. The van der Waals surface area contributed by atoms with E-state index in [1.807, 2.05) is 4.68 Å². The first kappa shape index (κ1) is 14.9. The highest BCUT2D eigenvalue weighted by Crippen LogP contribution is 2.36. The molecule has 1 aliphatic rings. The fourth-order valence-electron chi connectivity index (χ4n) is 3.41. The summed E-state index contributed by atoms with van der Waals surface area (Å²) in [6, 6.07) is 2.26. The fourth-order valence-corrected chi connectivity index (χ4v) is 3.73. The topological polar surface area (TPSA) is 17.8 Å². The van der Waals surface area contributed by atoms with Crippen molar-refractivity contribution in [3.05, 3.63) is 17.5 Å². The normalized spacial score (nSPS) is 27.7. The van der Waals surface area contributed by atoms with E-state index in [2.05, 4.69) is 32.1 Å². The second-order valence-corrected chi connectivity index (χ2v) is 6.61. The number of aryl methyl sites for hydroxylation is 2. The molecule has 3 unspecified atom stereocenters. The maximum Gasteiger partial charge on any atom is 0.0624 e. The molecule has 19 heavy (non-hydrogen) atoms. The van der Waals surface area contributed by atoms with Crippen LogP contribution in [0.5, 0.6) is 0 Å². The van der Waals surface area contributed by atoms with E-state index < -0.39 is 0 Å². The third kappa shape index (κ3) is 3.75. The van der Waals surface area contributed by atoms with Gasteiger partial charge in [-0.25, -0.2) is 0 Å². The Hall–Kier alpha value is -0.500. The van der Waals surface area contributed by atoms with Crippen molar-refractivity contribution < 1.29 is 0 Å². The predicted molar refractivity (Wildman–Crippen MR) is 81.7 cm³/mol. The summed E-state index contributed by atoms with van der Waals surface area (Å²) >= 11 is 6.56. The van der Waals surface area contributed by atoms with Gasteiger partial charge in [0, 0.05) is 18.1 Å². The minimum absolute atomic E-state index is 0.355. The van der Waals surface area contributed by atoms with Crippen LogP contribution in [0.2, 0.25) is 0 Å². The molecule has 1 fully saturated rings. The fraction of sp³-hybridized carbons (Fsp3) is 0.812. The molecule has 0 bridgehead atoms. The largest absolute Gasteiger partial charge is 0.272 e. The quantitative estimate of drug-likeness (QED) is 0.734. The Morgan fingerprint density at radius 2 is 2.16 bits per heavy atom. The Bertz CT molecular complexity index is 399. The van der Waals surface area contributed by atoms with Crippen LogP contribution in [0, 0.1) is 11.8 Å². The Morgan fingerprint density at radius 1 is 1.37 bits per heavy atom. The molecule has 0 spiro atoms. The number of hydrogen-bond acceptors (Lipinski definition) is 1. The minimum atomic E-state index is 0.355. The van der Waals surface area contributed by atoms with Crippen LogP contribution in [0.4, 0.5) is 0 Å². The van der Waals surface area contributed by atoms with Gasteiger partial charge in [0.25, 0.3) is 0 Å². The minimum Gasteiger partial charge on any atom is -0.272 e. The smallest absolute Gasteiger partial charge is 0.0624 e. The van der Waals surface area contributed by atoms with Gasteiger partial charge in [-0.2, -0.15) is 5.10 Å². The lowest BCUT2D eigenvalue weighted by molar-refractivity contribution is 0.254. The van der Waals surface area contributed by atoms with E-state index >= 15 is 0 Å². The molecule has 108 valence electrons. The monoisotopic (exact) mass is 282 g/mol. The van der Waals surface area contributed by atoms with Gasteiger partial charge in [0.1, 0.15) is 0 Å². The highest BCUT2D eigenvalue weighted by Gasteiger charge is 2.29. The lowest BCUT2D eigenvalue weighted by atomic mass is 9.77. The van der Waals surface area contributed by atoms with E-state index in [1.165, 1.54) is 43.5 Å². The molecule has 1 aliphatic carbocycles. The molecule has 3 heteroatoms. The first-order chi connectivity index (χ1) is 9.13. The van der Waals surface area contributed by atoms with Gasteiger partial charge < -0.3 is 0 Å². The number of aromatic nitrogens is 2. The van der Waals surface area contributed by atoms with Crippen molar-refractivity contribution in [1.29, 1.82) is 0 Å². The maximum atomic E-state index is 6.56. The third-order valence-corrected chi connectivity index (χ3v) is 5.13. The summed E-state index contributed by atoms with van der Waals surface area (Å²) in [5.74, 6) is 1.52. The van der Waals surface area contributed by atoms with Gasteiger partial charge in [-0.05, 0) is 50.0 Å². The molecule has 3 atom stereocenters. The van der Waals surface area contributed by atoms with E-state index in [1.54, 1.807) is 0 Å². The Balaban J connectivity index is 2.01. The van der Waals surface area contributed by atoms with Crippen LogP contribution in [-0.4, -0.2) is 15.2 Å². The molecule has 0 saturated heterocycles. The number of hydrogen-bond donors (Lipinski definition) is 0. The van der Waals surface area contributed by atoms with Gasteiger partial charge in [0.2, 0.25) is 0 Å². The highest BCUT2D eigenvalue weighted by molar-refractivity contribution is 6.20. The number of nitrogens with zero attached hydrogens (tertiary/aromatic N) is 2. The van der Waals surface area contributed by atoms with Crippen LogP contribution in [0.1, 0.15) is 57.3 Å². The zero-order valence-electron chi connectivity index (χ0n) is 12.5. The summed E-state index contributed by atoms with van der Waals surface area (Å²) in [6.45, 7) is 4.45. The second kappa shape index (κ2) is 6.78. The van der Waals surface area contributed by atoms with Crippen molar-refractivity contribution in [1.82, 2.24) is 9.78 Å². The molecular formula is C16H27ClN2. The van der Waals surface area contributed by atoms with Crippen molar-refractivity contribution in [2.45, 2.75) is 64.2 Å². The van der Waals surface area contributed by atoms with Crippen LogP contribution in [0.3, 0.4) is 0 Å². The van der Waals surface area contributed by atoms with Crippen molar-refractivity contribution in [2.24, 2.45) is 18.9 Å². The lowest BCUT2D eigenvalue weighted by Crippen LogP contribution is -2.27.